The monoisotopic (exact) mass is 485 g/mol. The maximum Gasteiger partial charge on any atom is 0.573 e. The Balaban J connectivity index is 1.45. The molecule has 0 aliphatic carbocycles. The number of halogens is 3. The molecule has 0 spiro atoms. The third kappa shape index (κ3) is 6.68. The Hall–Kier alpha value is -3.69. The molecule has 0 fully saturated rings. The summed E-state index contributed by atoms with van der Waals surface area (Å²) in [7, 11) is 0. The van der Waals surface area contributed by atoms with E-state index < -0.39 is 6.36 Å². The molecular weight excluding hydrogens is 459 g/mol. The molecule has 184 valence electrons. The summed E-state index contributed by atoms with van der Waals surface area (Å²) in [6.07, 6.45) is -1.35. The van der Waals surface area contributed by atoms with Crippen LogP contribution in [0.25, 0.3) is 23.1 Å². The van der Waals surface area contributed by atoms with Crippen molar-refractivity contribution in [3.63, 3.8) is 0 Å². The third-order valence-electron chi connectivity index (χ3n) is 5.39. The maximum atomic E-state index is 12.3. The molecule has 0 radical (unpaired) electrons. The molecule has 0 saturated carbocycles. The molecule has 0 atom stereocenters. The fourth-order valence-corrected chi connectivity index (χ4v) is 3.67. The number of rotatable bonds is 9. The average molecular weight is 486 g/mol. The largest absolute Gasteiger partial charge is 0.573 e. The summed E-state index contributed by atoms with van der Waals surface area (Å²) in [6.45, 7) is 6.87. The Morgan fingerprint density at radius 1 is 1.00 bits per heavy atom. The highest BCUT2D eigenvalue weighted by Crippen LogP contribution is 2.26. The quantitative estimate of drug-likeness (QED) is 0.280. The van der Waals surface area contributed by atoms with Gasteiger partial charge in [0.2, 0.25) is 11.6 Å². The number of ether oxygens (including phenoxy) is 1. The van der Waals surface area contributed by atoms with E-state index in [1.54, 1.807) is 4.68 Å². The Kier molecular flexibility index (Phi) is 7.18. The number of aromatic nitrogens is 5. The average Bonchev–Trinajstić information content (AvgIpc) is 3.41. The zero-order chi connectivity index (χ0) is 25.0. The fraction of sp³-hybridized carbons (Fsp3) is 0.360. The van der Waals surface area contributed by atoms with Crippen LogP contribution in [0.1, 0.15) is 43.6 Å². The summed E-state index contributed by atoms with van der Waals surface area (Å²) in [5.74, 6) is 1.68. The second kappa shape index (κ2) is 10.3. The summed E-state index contributed by atoms with van der Waals surface area (Å²) in [4.78, 5) is 8.74. The van der Waals surface area contributed by atoms with Crippen molar-refractivity contribution in [2.75, 3.05) is 0 Å². The van der Waals surface area contributed by atoms with Crippen LogP contribution < -0.4 is 4.74 Å². The highest BCUT2D eigenvalue weighted by molar-refractivity contribution is 5.57. The van der Waals surface area contributed by atoms with Crippen LogP contribution in [-0.4, -0.2) is 31.3 Å². The molecule has 7 nitrogen and oxygen atoms in total. The normalized spacial score (nSPS) is 11.9. The van der Waals surface area contributed by atoms with Crippen LogP contribution in [0.2, 0.25) is 0 Å². The number of benzene rings is 2. The molecule has 4 rings (SSSR count). The van der Waals surface area contributed by atoms with Gasteiger partial charge in [0.15, 0.2) is 0 Å². The summed E-state index contributed by atoms with van der Waals surface area (Å²) >= 11 is 0. The molecule has 0 bridgehead atoms. The van der Waals surface area contributed by atoms with Crippen LogP contribution >= 0.6 is 0 Å². The number of alkyl halides is 3. The van der Waals surface area contributed by atoms with Gasteiger partial charge >= 0.3 is 6.36 Å². The smallest absolute Gasteiger partial charge is 0.406 e. The van der Waals surface area contributed by atoms with E-state index in [0.717, 1.165) is 18.4 Å². The van der Waals surface area contributed by atoms with Gasteiger partial charge in [0.25, 0.3) is 5.89 Å². The molecule has 35 heavy (non-hydrogen) atoms. The van der Waals surface area contributed by atoms with Gasteiger partial charge in [-0.15, -0.1) is 18.3 Å². The third-order valence-corrected chi connectivity index (χ3v) is 5.39. The highest BCUT2D eigenvalue weighted by Gasteiger charge is 2.31. The predicted octanol–water partition coefficient (Wildman–Crippen LogP) is 6.23. The number of aryl methyl sites for hydroxylation is 2. The van der Waals surface area contributed by atoms with Gasteiger partial charge in [0, 0.05) is 5.56 Å². The maximum absolute atomic E-state index is 12.3. The Labute approximate surface area is 201 Å². The molecule has 4 aromatic rings. The molecule has 2 aromatic carbocycles. The van der Waals surface area contributed by atoms with Crippen molar-refractivity contribution in [1.82, 2.24) is 24.9 Å². The lowest BCUT2D eigenvalue weighted by molar-refractivity contribution is -0.274. The number of hydrogen-bond acceptors (Lipinski definition) is 6. The number of hydrogen-bond donors (Lipinski definition) is 0. The van der Waals surface area contributed by atoms with Crippen molar-refractivity contribution in [3.05, 3.63) is 65.5 Å². The first-order valence-corrected chi connectivity index (χ1v) is 11.4. The minimum atomic E-state index is -4.75. The lowest BCUT2D eigenvalue weighted by Crippen LogP contribution is -2.16. The Morgan fingerprint density at radius 2 is 1.74 bits per heavy atom. The van der Waals surface area contributed by atoms with Gasteiger partial charge in [-0.3, -0.25) is 0 Å². The minimum Gasteiger partial charge on any atom is -0.406 e. The summed E-state index contributed by atoms with van der Waals surface area (Å²) in [6, 6.07) is 13.7. The van der Waals surface area contributed by atoms with E-state index in [-0.39, 0.29) is 23.3 Å². The van der Waals surface area contributed by atoms with E-state index in [1.165, 1.54) is 36.2 Å². The second-order valence-electron chi connectivity index (χ2n) is 8.74. The van der Waals surface area contributed by atoms with Gasteiger partial charge in [-0.25, -0.2) is 9.67 Å². The molecule has 0 saturated heterocycles. The molecule has 0 aliphatic heterocycles. The van der Waals surface area contributed by atoms with E-state index in [2.05, 4.69) is 63.1 Å². The fourth-order valence-electron chi connectivity index (χ4n) is 3.67. The van der Waals surface area contributed by atoms with Crippen LogP contribution in [0.3, 0.4) is 0 Å². The lowest BCUT2D eigenvalue weighted by atomic mass is 10.0. The van der Waals surface area contributed by atoms with Crippen molar-refractivity contribution in [1.29, 1.82) is 0 Å². The molecule has 0 N–H and O–H groups in total. The van der Waals surface area contributed by atoms with Crippen molar-refractivity contribution in [3.8, 4) is 28.9 Å². The van der Waals surface area contributed by atoms with Crippen molar-refractivity contribution in [2.45, 2.75) is 52.9 Å². The van der Waals surface area contributed by atoms with Crippen LogP contribution in [0.15, 0.2) is 53.1 Å². The van der Waals surface area contributed by atoms with Crippen molar-refractivity contribution in [2.24, 2.45) is 5.92 Å². The van der Waals surface area contributed by atoms with Crippen molar-refractivity contribution < 1.29 is 22.4 Å². The molecule has 2 heterocycles. The molecule has 0 unspecified atom stereocenters. The predicted molar refractivity (Wildman–Crippen MR) is 123 cm³/mol. The first-order valence-electron chi connectivity index (χ1n) is 11.4. The topological polar surface area (TPSA) is 78.9 Å². The first kappa shape index (κ1) is 24.4. The van der Waals surface area contributed by atoms with Gasteiger partial charge in [0.1, 0.15) is 11.6 Å². The van der Waals surface area contributed by atoms with Gasteiger partial charge in [0.05, 0.1) is 6.54 Å². The van der Waals surface area contributed by atoms with Crippen LogP contribution in [0.4, 0.5) is 13.2 Å². The van der Waals surface area contributed by atoms with Gasteiger partial charge in [-0.1, -0.05) is 49.7 Å². The Morgan fingerprint density at radius 3 is 2.46 bits per heavy atom. The molecule has 2 aromatic heterocycles. The standard InChI is InChI=1S/C25H26F3N5O2/c1-16(2)6-4-7-18-8-5-9-19(14-18)15-33-17(3)29-23(31-33)24-30-22(32-35-24)20-10-12-21(13-11-20)34-25(26,27)28/h5,8-14,16H,4,6-7,15H2,1-3H3. The van der Waals surface area contributed by atoms with Crippen LogP contribution in [0, 0.1) is 12.8 Å². The molecule has 10 heteroatoms. The van der Waals surface area contributed by atoms with Crippen LogP contribution in [-0.2, 0) is 13.0 Å². The van der Waals surface area contributed by atoms with Gasteiger partial charge in [-0.05, 0) is 61.1 Å². The van der Waals surface area contributed by atoms with E-state index >= 15 is 0 Å². The zero-order valence-corrected chi connectivity index (χ0v) is 19.7. The van der Waals surface area contributed by atoms with E-state index in [1.807, 2.05) is 6.92 Å². The summed E-state index contributed by atoms with van der Waals surface area (Å²) in [5, 5.41) is 8.42. The lowest BCUT2D eigenvalue weighted by Gasteiger charge is -2.08. The first-order chi connectivity index (χ1) is 16.7. The SMILES string of the molecule is Cc1nc(-c2nc(-c3ccc(OC(F)(F)F)cc3)no2)nn1Cc1cccc(CCCC(C)C)c1. The van der Waals surface area contributed by atoms with E-state index in [9.17, 15) is 13.2 Å². The Bertz CT molecular complexity index is 1260. The molecule has 0 aliphatic rings. The molecular formula is C25H26F3N5O2. The van der Waals surface area contributed by atoms with E-state index in [4.69, 9.17) is 4.52 Å². The summed E-state index contributed by atoms with van der Waals surface area (Å²) < 4.78 is 48.0. The highest BCUT2D eigenvalue weighted by atomic mass is 19.4. The van der Waals surface area contributed by atoms with E-state index in [0.29, 0.717) is 23.9 Å². The summed E-state index contributed by atoms with van der Waals surface area (Å²) in [5.41, 5.74) is 2.90. The zero-order valence-electron chi connectivity index (χ0n) is 19.7. The van der Waals surface area contributed by atoms with Crippen molar-refractivity contribution >= 4 is 0 Å². The number of nitrogens with zero attached hydrogens (tertiary/aromatic N) is 5. The van der Waals surface area contributed by atoms with Gasteiger partial charge in [-0.2, -0.15) is 4.98 Å². The minimum absolute atomic E-state index is 0.125. The second-order valence-corrected chi connectivity index (χ2v) is 8.74. The van der Waals surface area contributed by atoms with Crippen LogP contribution in [0.5, 0.6) is 5.75 Å². The molecule has 0 amide bonds. The van der Waals surface area contributed by atoms with Gasteiger partial charge < -0.3 is 9.26 Å².